The van der Waals surface area contributed by atoms with Gasteiger partial charge in [-0.3, -0.25) is 4.79 Å². The summed E-state index contributed by atoms with van der Waals surface area (Å²) in [6.07, 6.45) is 5.69. The average molecular weight is 515 g/mol. The first-order valence-corrected chi connectivity index (χ1v) is 12.9. The molecule has 1 atom stereocenters. The number of aromatic nitrogens is 2. The summed E-state index contributed by atoms with van der Waals surface area (Å²) in [6, 6.07) is 13.6. The number of nitrogens with zero attached hydrogens (tertiary/aromatic N) is 3. The fraction of sp³-hybridized carbons (Fsp3) is 0.308. The molecular formula is C26H28ClFN4O2S. The fourth-order valence-corrected chi connectivity index (χ4v) is 4.22. The number of halogens is 2. The SMILES string of the molecule is COc1cc(NC(=NC(=O)C(CCCCCl)c2ccc(F)cc2)SC)ccc1-c1cnnc(C)c1. The molecule has 3 rings (SSSR count). The van der Waals surface area contributed by atoms with Crippen LogP contribution in [0.5, 0.6) is 5.75 Å². The van der Waals surface area contributed by atoms with E-state index in [1.807, 2.05) is 37.4 Å². The van der Waals surface area contributed by atoms with Crippen LogP contribution >= 0.6 is 23.4 Å². The summed E-state index contributed by atoms with van der Waals surface area (Å²) in [5.74, 6) is 0.0790. The van der Waals surface area contributed by atoms with Crippen molar-refractivity contribution in [2.24, 2.45) is 4.99 Å². The number of rotatable bonds is 9. The lowest BCUT2D eigenvalue weighted by Crippen LogP contribution is -2.16. The molecule has 35 heavy (non-hydrogen) atoms. The topological polar surface area (TPSA) is 76.5 Å². The van der Waals surface area contributed by atoms with Gasteiger partial charge in [0, 0.05) is 28.8 Å². The Morgan fingerprint density at radius 3 is 2.63 bits per heavy atom. The molecule has 0 radical (unpaired) electrons. The third kappa shape index (κ3) is 7.50. The molecular weight excluding hydrogens is 487 g/mol. The second kappa shape index (κ2) is 13.2. The maximum atomic E-state index is 13.4. The van der Waals surface area contributed by atoms with Crippen molar-refractivity contribution in [3.05, 3.63) is 71.8 Å². The number of methoxy groups -OCH3 is 1. The quantitative estimate of drug-likeness (QED) is 0.153. The summed E-state index contributed by atoms with van der Waals surface area (Å²) in [7, 11) is 1.60. The maximum Gasteiger partial charge on any atom is 0.255 e. The Labute approximate surface area is 214 Å². The number of amides is 1. The molecule has 1 amide bonds. The fourth-order valence-electron chi connectivity index (χ4n) is 3.62. The molecule has 2 aromatic carbocycles. The van der Waals surface area contributed by atoms with Gasteiger partial charge in [0.05, 0.1) is 24.9 Å². The second-order valence-electron chi connectivity index (χ2n) is 7.87. The molecule has 0 saturated heterocycles. The Morgan fingerprint density at radius 1 is 1.20 bits per heavy atom. The molecule has 0 bridgehead atoms. The van der Waals surface area contributed by atoms with E-state index in [1.54, 1.807) is 25.4 Å². The number of carbonyl (C=O) groups excluding carboxylic acids is 1. The van der Waals surface area contributed by atoms with Crippen molar-refractivity contribution in [2.75, 3.05) is 24.6 Å². The third-order valence-electron chi connectivity index (χ3n) is 5.39. The van der Waals surface area contributed by atoms with Crippen LogP contribution in [0.1, 0.15) is 36.4 Å². The number of thioether (sulfide) groups is 1. The summed E-state index contributed by atoms with van der Waals surface area (Å²) in [4.78, 5) is 17.5. The van der Waals surface area contributed by atoms with Crippen molar-refractivity contribution >= 4 is 40.1 Å². The van der Waals surface area contributed by atoms with Crippen molar-refractivity contribution in [3.8, 4) is 16.9 Å². The van der Waals surface area contributed by atoms with Crippen molar-refractivity contribution in [1.29, 1.82) is 0 Å². The number of aryl methyl sites for hydroxylation is 1. The molecule has 184 valence electrons. The van der Waals surface area contributed by atoms with Crippen LogP contribution in [0.25, 0.3) is 11.1 Å². The van der Waals surface area contributed by atoms with E-state index in [4.69, 9.17) is 16.3 Å². The molecule has 0 aliphatic carbocycles. The molecule has 1 unspecified atom stereocenters. The summed E-state index contributed by atoms with van der Waals surface area (Å²) in [6.45, 7) is 1.88. The lowest BCUT2D eigenvalue weighted by Gasteiger charge is -2.16. The van der Waals surface area contributed by atoms with Crippen LogP contribution in [0.3, 0.4) is 0 Å². The van der Waals surface area contributed by atoms with Gasteiger partial charge in [-0.1, -0.05) is 30.3 Å². The van der Waals surface area contributed by atoms with E-state index in [2.05, 4.69) is 20.5 Å². The van der Waals surface area contributed by atoms with Crippen LogP contribution in [-0.4, -0.2) is 40.5 Å². The summed E-state index contributed by atoms with van der Waals surface area (Å²) < 4.78 is 19.0. The third-order valence-corrected chi connectivity index (χ3v) is 6.24. The number of nitrogens with one attached hydrogen (secondary N) is 1. The Morgan fingerprint density at radius 2 is 1.97 bits per heavy atom. The normalized spacial score (nSPS) is 12.3. The Balaban J connectivity index is 1.83. The van der Waals surface area contributed by atoms with Crippen molar-refractivity contribution in [1.82, 2.24) is 10.2 Å². The van der Waals surface area contributed by atoms with Crippen LogP contribution in [-0.2, 0) is 4.79 Å². The van der Waals surface area contributed by atoms with E-state index < -0.39 is 5.92 Å². The number of aliphatic imine (C=N–C) groups is 1. The maximum absolute atomic E-state index is 13.4. The number of hydrogen-bond donors (Lipinski definition) is 1. The molecule has 0 aliphatic heterocycles. The van der Waals surface area contributed by atoms with Crippen LogP contribution in [0.4, 0.5) is 10.1 Å². The molecule has 0 aliphatic rings. The van der Waals surface area contributed by atoms with E-state index in [-0.39, 0.29) is 11.7 Å². The monoisotopic (exact) mass is 514 g/mol. The number of unbranched alkanes of at least 4 members (excludes halogenated alkanes) is 1. The summed E-state index contributed by atoms with van der Waals surface area (Å²) >= 11 is 7.15. The van der Waals surface area contributed by atoms with E-state index >= 15 is 0 Å². The summed E-state index contributed by atoms with van der Waals surface area (Å²) in [5, 5.41) is 11.7. The van der Waals surface area contributed by atoms with Gasteiger partial charge in [-0.05, 0) is 61.9 Å². The number of carbonyl (C=O) groups is 1. The lowest BCUT2D eigenvalue weighted by molar-refractivity contribution is -0.119. The molecule has 0 saturated carbocycles. The molecule has 6 nitrogen and oxygen atoms in total. The van der Waals surface area contributed by atoms with Gasteiger partial charge < -0.3 is 10.1 Å². The Hall–Kier alpha value is -2.97. The van der Waals surface area contributed by atoms with Gasteiger partial charge in [0.2, 0.25) is 0 Å². The summed E-state index contributed by atoms with van der Waals surface area (Å²) in [5.41, 5.74) is 4.05. The van der Waals surface area contributed by atoms with Gasteiger partial charge in [0.1, 0.15) is 11.6 Å². The largest absolute Gasteiger partial charge is 0.496 e. The van der Waals surface area contributed by atoms with Gasteiger partial charge >= 0.3 is 0 Å². The average Bonchev–Trinajstić information content (AvgIpc) is 2.86. The van der Waals surface area contributed by atoms with Crippen molar-refractivity contribution in [2.45, 2.75) is 32.1 Å². The van der Waals surface area contributed by atoms with Crippen molar-refractivity contribution < 1.29 is 13.9 Å². The second-order valence-corrected chi connectivity index (χ2v) is 9.05. The highest BCUT2D eigenvalue weighted by Crippen LogP contribution is 2.32. The van der Waals surface area contributed by atoms with Gasteiger partial charge in [0.25, 0.3) is 5.91 Å². The zero-order valence-electron chi connectivity index (χ0n) is 19.9. The van der Waals surface area contributed by atoms with E-state index in [0.717, 1.165) is 40.9 Å². The number of benzene rings is 2. The molecule has 9 heteroatoms. The number of alkyl halides is 1. The standard InChI is InChI=1S/C26H28ClFN4O2S/c1-17-14-19(16-29-32-17)22-12-11-21(15-24(22)34-2)30-26(35-3)31-25(33)23(6-4-5-13-27)18-7-9-20(28)10-8-18/h7-12,14-16,23H,4-6,13H2,1-3H3,(H,30,31,33). The number of hydrogen-bond acceptors (Lipinski definition) is 5. The number of amidine groups is 1. The first kappa shape index (κ1) is 26.6. The molecule has 1 N–H and O–H groups in total. The lowest BCUT2D eigenvalue weighted by atomic mass is 9.93. The van der Waals surface area contributed by atoms with Gasteiger partial charge in [-0.2, -0.15) is 15.2 Å². The number of ether oxygens (including phenoxy) is 1. The van der Waals surface area contributed by atoms with Gasteiger partial charge in [0.15, 0.2) is 5.17 Å². The first-order chi connectivity index (χ1) is 16.9. The number of anilines is 1. The van der Waals surface area contributed by atoms with E-state index in [1.165, 1.54) is 23.9 Å². The minimum Gasteiger partial charge on any atom is -0.496 e. The van der Waals surface area contributed by atoms with Crippen LogP contribution in [0.2, 0.25) is 0 Å². The highest BCUT2D eigenvalue weighted by molar-refractivity contribution is 8.13. The van der Waals surface area contributed by atoms with Gasteiger partial charge in [-0.15, -0.1) is 11.6 Å². The van der Waals surface area contributed by atoms with Crippen LogP contribution in [0, 0.1) is 12.7 Å². The van der Waals surface area contributed by atoms with Crippen molar-refractivity contribution in [3.63, 3.8) is 0 Å². The minimum absolute atomic E-state index is 0.287. The predicted molar refractivity (Wildman–Crippen MR) is 142 cm³/mol. The Bertz CT molecular complexity index is 1170. The zero-order chi connectivity index (χ0) is 25.2. The minimum atomic E-state index is -0.470. The Kier molecular flexibility index (Phi) is 10.0. The van der Waals surface area contributed by atoms with Crippen LogP contribution < -0.4 is 10.1 Å². The highest BCUT2D eigenvalue weighted by atomic mass is 35.5. The van der Waals surface area contributed by atoms with E-state index in [9.17, 15) is 9.18 Å². The molecule has 0 spiro atoms. The zero-order valence-corrected chi connectivity index (χ0v) is 21.5. The molecule has 3 aromatic rings. The predicted octanol–water partition coefficient (Wildman–Crippen LogP) is 6.45. The first-order valence-electron chi connectivity index (χ1n) is 11.2. The molecule has 1 aromatic heterocycles. The molecule has 0 fully saturated rings. The van der Waals surface area contributed by atoms with Crippen LogP contribution in [0.15, 0.2) is 59.7 Å². The van der Waals surface area contributed by atoms with E-state index in [0.29, 0.717) is 23.2 Å². The molecule has 1 heterocycles. The van der Waals surface area contributed by atoms with Gasteiger partial charge in [-0.25, -0.2) is 4.39 Å². The smallest absolute Gasteiger partial charge is 0.255 e. The highest BCUT2D eigenvalue weighted by Gasteiger charge is 2.21.